The first-order chi connectivity index (χ1) is 9.70. The number of rotatable bonds is 6. The predicted octanol–water partition coefficient (Wildman–Crippen LogP) is 3.01. The summed E-state index contributed by atoms with van der Waals surface area (Å²) in [6.45, 7) is 1.41. The maximum Gasteiger partial charge on any atom is 0.134 e. The van der Waals surface area contributed by atoms with Crippen molar-refractivity contribution in [2.75, 3.05) is 0 Å². The molecule has 0 bridgehead atoms. The molecule has 0 amide bonds. The highest BCUT2D eigenvalue weighted by Crippen LogP contribution is 2.27. The number of hydrogen-bond donors (Lipinski definition) is 1. The Bertz CT molecular complexity index is 593. The van der Waals surface area contributed by atoms with Gasteiger partial charge in [0.15, 0.2) is 0 Å². The van der Waals surface area contributed by atoms with Gasteiger partial charge in [-0.05, 0) is 52.5 Å². The number of hydrogen-bond acceptors (Lipinski definition) is 3. The lowest BCUT2D eigenvalue weighted by atomic mass is 10.2. The molecule has 0 atom stereocenters. The topological polar surface area (TPSA) is 39.1 Å². The fourth-order valence-electron chi connectivity index (χ4n) is 2.01. The molecule has 2 aromatic rings. The van der Waals surface area contributed by atoms with E-state index in [0.29, 0.717) is 6.61 Å². The van der Waals surface area contributed by atoms with E-state index in [2.05, 4.69) is 38.5 Å². The Labute approximate surface area is 127 Å². The quantitative estimate of drug-likeness (QED) is 0.881. The number of ether oxygens (including phenoxy) is 1. The van der Waals surface area contributed by atoms with Crippen LogP contribution in [-0.4, -0.2) is 15.8 Å². The summed E-state index contributed by atoms with van der Waals surface area (Å²) in [4.78, 5) is 0. The third-order valence-electron chi connectivity index (χ3n) is 3.31. The molecule has 4 nitrogen and oxygen atoms in total. The molecular weight excluding hydrogens is 318 g/mol. The molecule has 1 aliphatic carbocycles. The zero-order chi connectivity index (χ0) is 13.9. The molecule has 106 valence electrons. The maximum atomic E-state index is 5.79. The number of nitrogens with zero attached hydrogens (tertiary/aromatic N) is 2. The zero-order valence-electron chi connectivity index (χ0n) is 11.5. The highest BCUT2D eigenvalue weighted by molar-refractivity contribution is 9.10. The van der Waals surface area contributed by atoms with Crippen molar-refractivity contribution < 1.29 is 4.74 Å². The molecule has 0 unspecified atom stereocenters. The van der Waals surface area contributed by atoms with E-state index in [1.165, 1.54) is 18.4 Å². The molecule has 1 N–H and O–H groups in total. The van der Waals surface area contributed by atoms with Gasteiger partial charge in [-0.15, -0.1) is 0 Å². The second-order valence-electron chi connectivity index (χ2n) is 5.19. The maximum absolute atomic E-state index is 5.79. The Hall–Kier alpha value is -1.33. The van der Waals surface area contributed by atoms with Crippen LogP contribution in [0.3, 0.4) is 0 Å². The number of benzene rings is 1. The lowest BCUT2D eigenvalue weighted by molar-refractivity contribution is 0.298. The van der Waals surface area contributed by atoms with Gasteiger partial charge in [-0.1, -0.05) is 6.07 Å². The van der Waals surface area contributed by atoms with Crippen LogP contribution in [0.5, 0.6) is 5.75 Å². The lowest BCUT2D eigenvalue weighted by Crippen LogP contribution is -2.15. The Morgan fingerprint density at radius 3 is 2.90 bits per heavy atom. The fourth-order valence-corrected chi connectivity index (χ4v) is 2.55. The van der Waals surface area contributed by atoms with Gasteiger partial charge in [-0.2, -0.15) is 5.10 Å². The second-order valence-corrected chi connectivity index (χ2v) is 6.04. The molecule has 0 aliphatic heterocycles. The van der Waals surface area contributed by atoms with Crippen molar-refractivity contribution in [2.45, 2.75) is 32.0 Å². The summed E-state index contributed by atoms with van der Waals surface area (Å²) in [6.07, 6.45) is 4.54. The van der Waals surface area contributed by atoms with Crippen LogP contribution in [0.15, 0.2) is 34.9 Å². The molecule has 0 radical (unpaired) electrons. The summed E-state index contributed by atoms with van der Waals surface area (Å²) in [5.74, 6) is 0.853. The summed E-state index contributed by atoms with van der Waals surface area (Å²) in [6, 6.07) is 8.92. The van der Waals surface area contributed by atoms with E-state index >= 15 is 0 Å². The van der Waals surface area contributed by atoms with Crippen LogP contribution >= 0.6 is 15.9 Å². The van der Waals surface area contributed by atoms with Crippen LogP contribution in [0.4, 0.5) is 0 Å². The van der Waals surface area contributed by atoms with Crippen molar-refractivity contribution in [2.24, 2.45) is 7.05 Å². The molecule has 1 fully saturated rings. The number of nitrogens with one attached hydrogen (secondary N) is 1. The van der Waals surface area contributed by atoms with Crippen molar-refractivity contribution in [1.82, 2.24) is 15.1 Å². The van der Waals surface area contributed by atoms with Gasteiger partial charge in [0.05, 0.1) is 10.2 Å². The van der Waals surface area contributed by atoms with Crippen molar-refractivity contribution in [1.29, 1.82) is 0 Å². The Morgan fingerprint density at radius 2 is 2.25 bits per heavy atom. The van der Waals surface area contributed by atoms with Gasteiger partial charge >= 0.3 is 0 Å². The molecule has 1 aromatic heterocycles. The third kappa shape index (κ3) is 3.61. The van der Waals surface area contributed by atoms with Crippen LogP contribution in [0, 0.1) is 0 Å². The summed E-state index contributed by atoms with van der Waals surface area (Å²) < 4.78 is 8.55. The largest absolute Gasteiger partial charge is 0.486 e. The lowest BCUT2D eigenvalue weighted by Gasteiger charge is -2.09. The zero-order valence-corrected chi connectivity index (χ0v) is 13.1. The normalized spacial score (nSPS) is 14.5. The van der Waals surface area contributed by atoms with E-state index in [0.717, 1.165) is 28.5 Å². The van der Waals surface area contributed by atoms with E-state index in [-0.39, 0.29) is 0 Å². The number of aromatic nitrogens is 2. The molecule has 0 spiro atoms. The number of halogens is 1. The first-order valence-electron chi connectivity index (χ1n) is 6.84. The van der Waals surface area contributed by atoms with Gasteiger partial charge in [-0.25, -0.2) is 0 Å². The second kappa shape index (κ2) is 5.97. The highest BCUT2D eigenvalue weighted by Gasteiger charge is 2.20. The molecule has 20 heavy (non-hydrogen) atoms. The summed E-state index contributed by atoms with van der Waals surface area (Å²) >= 11 is 3.57. The van der Waals surface area contributed by atoms with Crippen molar-refractivity contribution in [3.63, 3.8) is 0 Å². The summed E-state index contributed by atoms with van der Waals surface area (Å²) in [7, 11) is 1.90. The minimum Gasteiger partial charge on any atom is -0.486 e. The Kier molecular flexibility index (Phi) is 4.08. The van der Waals surface area contributed by atoms with Crippen molar-refractivity contribution in [3.05, 3.63) is 46.2 Å². The van der Waals surface area contributed by atoms with Crippen molar-refractivity contribution >= 4 is 15.9 Å². The number of aryl methyl sites for hydroxylation is 1. The van der Waals surface area contributed by atoms with E-state index < -0.39 is 0 Å². The monoisotopic (exact) mass is 335 g/mol. The molecule has 1 saturated carbocycles. The van der Waals surface area contributed by atoms with E-state index in [9.17, 15) is 0 Å². The van der Waals surface area contributed by atoms with Crippen molar-refractivity contribution in [3.8, 4) is 5.75 Å². The molecular formula is C15H18BrN3O. The van der Waals surface area contributed by atoms with Crippen LogP contribution in [0.2, 0.25) is 0 Å². The SMILES string of the molecule is Cn1ccc(COc2ccc(CNC3CC3)cc2Br)n1. The highest BCUT2D eigenvalue weighted by atomic mass is 79.9. The molecule has 1 heterocycles. The molecule has 3 rings (SSSR count). The standard InChI is InChI=1S/C15H18BrN3O/c1-19-7-6-13(18-19)10-20-15-5-2-11(8-14(15)16)9-17-12-3-4-12/h2,5-8,12,17H,3-4,9-10H2,1H3. The van der Waals surface area contributed by atoms with E-state index in [1.807, 2.05) is 25.4 Å². The fraction of sp³-hybridized carbons (Fsp3) is 0.400. The Morgan fingerprint density at radius 1 is 1.40 bits per heavy atom. The van der Waals surface area contributed by atoms with E-state index in [1.54, 1.807) is 4.68 Å². The molecule has 5 heteroatoms. The van der Waals surface area contributed by atoms with Gasteiger partial charge in [0.2, 0.25) is 0 Å². The smallest absolute Gasteiger partial charge is 0.134 e. The van der Waals surface area contributed by atoms with Gasteiger partial charge in [0.25, 0.3) is 0 Å². The minimum absolute atomic E-state index is 0.485. The van der Waals surface area contributed by atoms with Gasteiger partial charge in [-0.3, -0.25) is 4.68 Å². The molecule has 0 saturated heterocycles. The minimum atomic E-state index is 0.485. The van der Waals surface area contributed by atoms with Gasteiger partial charge < -0.3 is 10.1 Å². The predicted molar refractivity (Wildman–Crippen MR) is 81.5 cm³/mol. The third-order valence-corrected chi connectivity index (χ3v) is 3.93. The van der Waals surface area contributed by atoms with Crippen LogP contribution in [0.25, 0.3) is 0 Å². The average molecular weight is 336 g/mol. The van der Waals surface area contributed by atoms with Gasteiger partial charge in [0.1, 0.15) is 12.4 Å². The average Bonchev–Trinajstić information content (AvgIpc) is 3.17. The molecule has 1 aliphatic rings. The summed E-state index contributed by atoms with van der Waals surface area (Å²) in [5, 5.41) is 7.80. The Balaban J connectivity index is 1.58. The van der Waals surface area contributed by atoms with Crippen LogP contribution in [0.1, 0.15) is 24.1 Å². The van der Waals surface area contributed by atoms with Gasteiger partial charge in [0, 0.05) is 25.8 Å². The molecule has 1 aromatic carbocycles. The van der Waals surface area contributed by atoms with Crippen LogP contribution < -0.4 is 10.1 Å². The first kappa shape index (κ1) is 13.6. The first-order valence-corrected chi connectivity index (χ1v) is 7.63. The van der Waals surface area contributed by atoms with E-state index in [4.69, 9.17) is 4.74 Å². The van der Waals surface area contributed by atoms with Crippen LogP contribution in [-0.2, 0) is 20.2 Å². The summed E-state index contributed by atoms with van der Waals surface area (Å²) in [5.41, 5.74) is 2.20.